The minimum absolute atomic E-state index is 0. The first kappa shape index (κ1) is 22.8. The van der Waals surface area contributed by atoms with E-state index in [0.717, 1.165) is 0 Å². The van der Waals surface area contributed by atoms with Crippen LogP contribution in [0.1, 0.15) is 0 Å². The van der Waals surface area contributed by atoms with Crippen LogP contribution in [-0.4, -0.2) is 101 Å². The fourth-order valence-electron chi connectivity index (χ4n) is 0.0671. The van der Waals surface area contributed by atoms with E-state index in [1.165, 1.54) is 0 Å². The van der Waals surface area contributed by atoms with Gasteiger partial charge in [0.15, 0.2) is 0 Å². The van der Waals surface area contributed by atoms with Crippen LogP contribution in [-0.2, 0) is 14.1 Å². The van der Waals surface area contributed by atoms with Crippen molar-refractivity contribution >= 4 is 111 Å². The zero-order chi connectivity index (χ0) is 5.70. The molecule has 0 aromatic rings. The molecular formula is C2H6Na3O4P. The van der Waals surface area contributed by atoms with Crippen LogP contribution in [0.25, 0.3) is 0 Å². The van der Waals surface area contributed by atoms with Gasteiger partial charge in [0.25, 0.3) is 0 Å². The normalized spacial score (nSPS) is 4.90. The molecule has 0 aromatic carbocycles. The number of carbonyl (C=O) groups excluding carboxylic acids is 2. The van der Waals surface area contributed by atoms with Crippen LogP contribution in [0.2, 0.25) is 0 Å². The minimum atomic E-state index is -1.03. The third kappa shape index (κ3) is 16.8. The summed E-state index contributed by atoms with van der Waals surface area (Å²) in [6, 6.07) is 0. The van der Waals surface area contributed by atoms with E-state index in [1.54, 1.807) is 9.47 Å². The number of rotatable bonds is 1. The standard InChI is InChI=1S/C2H3O4P.3Na.3H/c3-1-5-2(4)6-7;;;;;;/h1H,7H2;;;;;;. The molecule has 0 saturated heterocycles. The Bertz CT molecular complexity index is 88.6. The Kier molecular flexibility index (Phi) is 39.8. The van der Waals surface area contributed by atoms with E-state index in [1.807, 2.05) is 0 Å². The molecule has 0 N–H and O–H groups in total. The van der Waals surface area contributed by atoms with Gasteiger partial charge in [-0.05, 0) is 0 Å². The quantitative estimate of drug-likeness (QED) is 0.161. The van der Waals surface area contributed by atoms with E-state index in [9.17, 15) is 9.59 Å². The summed E-state index contributed by atoms with van der Waals surface area (Å²) in [6.45, 7) is -0.00755. The van der Waals surface area contributed by atoms with E-state index in [4.69, 9.17) is 0 Å². The van der Waals surface area contributed by atoms with Crippen LogP contribution in [0.15, 0.2) is 0 Å². The number of hydrogen-bond acceptors (Lipinski definition) is 4. The summed E-state index contributed by atoms with van der Waals surface area (Å²) in [7, 11) is 1.63. The monoisotopic (exact) mass is 194 g/mol. The van der Waals surface area contributed by atoms with Crippen LogP contribution in [0.5, 0.6) is 0 Å². The molecule has 0 amide bonds. The molecule has 8 heteroatoms. The fraction of sp³-hybridized carbons (Fsp3) is 0. The van der Waals surface area contributed by atoms with Crippen molar-refractivity contribution in [1.82, 2.24) is 0 Å². The predicted molar refractivity (Wildman–Crippen MR) is 44.8 cm³/mol. The van der Waals surface area contributed by atoms with Crippen molar-refractivity contribution in [2.45, 2.75) is 0 Å². The SMILES string of the molecule is O=COC(=O)OP.[NaH].[NaH].[NaH]. The first-order valence-corrected chi connectivity index (χ1v) is 1.79. The molecule has 1 atom stereocenters. The molecule has 4 nitrogen and oxygen atoms in total. The van der Waals surface area contributed by atoms with Gasteiger partial charge in [-0.3, -0.25) is 4.79 Å². The first-order chi connectivity index (χ1) is 3.31. The van der Waals surface area contributed by atoms with E-state index >= 15 is 0 Å². The molecule has 0 saturated carbocycles. The second-order valence-corrected chi connectivity index (χ2v) is 0.818. The van der Waals surface area contributed by atoms with Crippen LogP contribution in [0.3, 0.4) is 0 Å². The van der Waals surface area contributed by atoms with Crippen LogP contribution < -0.4 is 0 Å². The van der Waals surface area contributed by atoms with Gasteiger partial charge >= 0.3 is 101 Å². The molecule has 1 unspecified atom stereocenters. The van der Waals surface area contributed by atoms with Crippen molar-refractivity contribution in [1.29, 1.82) is 0 Å². The van der Waals surface area contributed by atoms with E-state index < -0.39 is 6.16 Å². The molecule has 0 aliphatic heterocycles. The Morgan fingerprint density at radius 3 is 1.80 bits per heavy atom. The predicted octanol–water partition coefficient (Wildman–Crippen LogP) is -1.86. The third-order valence-electron chi connectivity index (χ3n) is 0.241. The van der Waals surface area contributed by atoms with Gasteiger partial charge in [-0.2, -0.15) is 0 Å². The number of carbonyl (C=O) groups is 2. The van der Waals surface area contributed by atoms with Gasteiger partial charge in [-0.25, -0.2) is 4.79 Å². The van der Waals surface area contributed by atoms with Gasteiger partial charge in [0.05, 0.1) is 9.47 Å². The molecule has 0 fully saturated rings. The maximum atomic E-state index is 9.72. The van der Waals surface area contributed by atoms with Crippen molar-refractivity contribution in [3.63, 3.8) is 0 Å². The zero-order valence-electron chi connectivity index (χ0n) is 3.29. The van der Waals surface area contributed by atoms with Crippen molar-refractivity contribution in [2.75, 3.05) is 0 Å². The summed E-state index contributed by atoms with van der Waals surface area (Å²) >= 11 is 0. The Balaban J connectivity index is -0.0000000600. The van der Waals surface area contributed by atoms with Gasteiger partial charge < -0.3 is 9.26 Å². The molecule has 10 heavy (non-hydrogen) atoms. The van der Waals surface area contributed by atoms with Crippen molar-refractivity contribution < 1.29 is 18.8 Å². The van der Waals surface area contributed by atoms with E-state index in [0.29, 0.717) is 0 Å². The average molecular weight is 194 g/mol. The van der Waals surface area contributed by atoms with Crippen molar-refractivity contribution in [2.24, 2.45) is 0 Å². The number of hydrogen-bond donors (Lipinski definition) is 0. The summed E-state index contributed by atoms with van der Waals surface area (Å²) < 4.78 is 7.44. The van der Waals surface area contributed by atoms with Gasteiger partial charge in [0.1, 0.15) is 0 Å². The van der Waals surface area contributed by atoms with Crippen molar-refractivity contribution in [3.8, 4) is 0 Å². The molecule has 0 aromatic heterocycles. The Morgan fingerprint density at radius 2 is 1.70 bits per heavy atom. The van der Waals surface area contributed by atoms with Crippen LogP contribution in [0.4, 0.5) is 4.79 Å². The topological polar surface area (TPSA) is 52.6 Å². The second kappa shape index (κ2) is 17.5. The first-order valence-electron chi connectivity index (χ1n) is 1.32. The maximum absolute atomic E-state index is 9.72. The average Bonchev–Trinajstić information content (AvgIpc) is 1.68. The van der Waals surface area contributed by atoms with Gasteiger partial charge in [-0.15, -0.1) is 0 Å². The molecule has 0 radical (unpaired) electrons. The zero-order valence-corrected chi connectivity index (χ0v) is 4.44. The Morgan fingerprint density at radius 1 is 1.30 bits per heavy atom. The molecule has 0 aliphatic carbocycles. The summed E-state index contributed by atoms with van der Waals surface area (Å²) in [4.78, 5) is 19.0. The summed E-state index contributed by atoms with van der Waals surface area (Å²) in [5.41, 5.74) is 0. The summed E-state index contributed by atoms with van der Waals surface area (Å²) in [5, 5.41) is 0. The van der Waals surface area contributed by atoms with Crippen LogP contribution in [0, 0.1) is 0 Å². The molecule has 0 aliphatic rings. The molecular weight excluding hydrogens is 188 g/mol. The van der Waals surface area contributed by atoms with Gasteiger partial charge in [-0.1, -0.05) is 0 Å². The number of ether oxygens (including phenoxy) is 1. The van der Waals surface area contributed by atoms with E-state index in [2.05, 4.69) is 9.26 Å². The van der Waals surface area contributed by atoms with E-state index in [-0.39, 0.29) is 95.1 Å². The summed E-state index contributed by atoms with van der Waals surface area (Å²) in [5.74, 6) is 0. The van der Waals surface area contributed by atoms with Crippen LogP contribution >= 0.6 is 9.47 Å². The molecule has 0 bridgehead atoms. The Hall–Kier alpha value is 2.37. The van der Waals surface area contributed by atoms with Crippen molar-refractivity contribution in [3.05, 3.63) is 0 Å². The summed E-state index contributed by atoms with van der Waals surface area (Å²) in [6.07, 6.45) is -1.03. The molecule has 0 spiro atoms. The molecule has 0 rings (SSSR count). The third-order valence-corrected chi connectivity index (χ3v) is 0.433. The molecule has 0 heterocycles. The van der Waals surface area contributed by atoms with Gasteiger partial charge in [0.2, 0.25) is 0 Å². The van der Waals surface area contributed by atoms with Gasteiger partial charge in [0, 0.05) is 0 Å². The molecule has 46 valence electrons. The Labute approximate surface area is 127 Å². The fourth-order valence-corrected chi connectivity index (χ4v) is 0.123. The second-order valence-electron chi connectivity index (χ2n) is 0.582.